The summed E-state index contributed by atoms with van der Waals surface area (Å²) in [5.74, 6) is -1.45. The van der Waals surface area contributed by atoms with E-state index >= 15 is 0 Å². The molecule has 154 valence electrons. The largest absolute Gasteiger partial charge is 0.467 e. The third-order valence-electron chi connectivity index (χ3n) is 4.97. The molecule has 1 amide bonds. The van der Waals surface area contributed by atoms with Crippen molar-refractivity contribution in [3.63, 3.8) is 0 Å². The molecule has 1 aliphatic heterocycles. The number of ether oxygens (including phenoxy) is 1. The number of likely N-dealkylation sites (tertiary alicyclic amines) is 1. The van der Waals surface area contributed by atoms with Gasteiger partial charge in [-0.15, -0.1) is 11.3 Å². The number of nitrogens with zero attached hydrogens (tertiary/aromatic N) is 3. The van der Waals surface area contributed by atoms with E-state index in [2.05, 4.69) is 15.2 Å². The third-order valence-corrected chi connectivity index (χ3v) is 6.77. The Balaban J connectivity index is 1.21. The van der Waals surface area contributed by atoms with Crippen LogP contribution in [0.1, 0.15) is 23.3 Å². The molecule has 0 atom stereocenters. The number of hydrogen-bond donors (Lipinski definition) is 1. The van der Waals surface area contributed by atoms with Crippen LogP contribution in [-0.2, 0) is 0 Å². The van der Waals surface area contributed by atoms with Crippen LogP contribution in [0.2, 0.25) is 0 Å². The van der Waals surface area contributed by atoms with Crippen molar-refractivity contribution in [1.82, 2.24) is 20.1 Å². The zero-order chi connectivity index (χ0) is 20.7. The number of benzene rings is 1. The summed E-state index contributed by atoms with van der Waals surface area (Å²) in [4.78, 5) is 19.7. The van der Waals surface area contributed by atoms with Gasteiger partial charge in [-0.2, -0.15) is 10.1 Å². The summed E-state index contributed by atoms with van der Waals surface area (Å²) in [5.41, 5.74) is 1.33. The fraction of sp³-hybridized carbons (Fsp3) is 0.250. The SMILES string of the molecule is O=C(c1cc(-c2cccs2)[nH]n1)N1CCC(Oc2nc3c(F)cc(F)cc3s2)CC1. The van der Waals surface area contributed by atoms with E-state index in [4.69, 9.17) is 4.74 Å². The van der Waals surface area contributed by atoms with E-state index in [0.29, 0.717) is 41.5 Å². The number of thiophene rings is 1. The second-order valence-electron chi connectivity index (χ2n) is 6.97. The van der Waals surface area contributed by atoms with Gasteiger partial charge in [-0.1, -0.05) is 17.4 Å². The summed E-state index contributed by atoms with van der Waals surface area (Å²) in [5, 5.41) is 9.36. The maximum absolute atomic E-state index is 13.8. The molecule has 1 fully saturated rings. The maximum atomic E-state index is 13.8. The van der Waals surface area contributed by atoms with Crippen LogP contribution in [0.4, 0.5) is 8.78 Å². The zero-order valence-electron chi connectivity index (χ0n) is 15.6. The molecule has 0 saturated carbocycles. The van der Waals surface area contributed by atoms with Gasteiger partial charge in [0.1, 0.15) is 17.4 Å². The Kier molecular flexibility index (Phi) is 4.95. The Morgan fingerprint density at radius 2 is 2.07 bits per heavy atom. The molecule has 6 nitrogen and oxygen atoms in total. The van der Waals surface area contributed by atoms with Crippen molar-refractivity contribution >= 4 is 38.8 Å². The highest BCUT2D eigenvalue weighted by Gasteiger charge is 2.27. The van der Waals surface area contributed by atoms with Gasteiger partial charge in [0.25, 0.3) is 11.1 Å². The average molecular weight is 447 g/mol. The first kappa shape index (κ1) is 19.1. The zero-order valence-corrected chi connectivity index (χ0v) is 17.2. The van der Waals surface area contributed by atoms with E-state index in [1.807, 2.05) is 17.5 Å². The van der Waals surface area contributed by atoms with E-state index < -0.39 is 11.6 Å². The lowest BCUT2D eigenvalue weighted by Crippen LogP contribution is -2.41. The first-order valence-electron chi connectivity index (χ1n) is 9.37. The second-order valence-corrected chi connectivity index (χ2v) is 8.91. The molecule has 0 aliphatic carbocycles. The smallest absolute Gasteiger partial charge is 0.274 e. The monoisotopic (exact) mass is 446 g/mol. The number of hydrogen-bond acceptors (Lipinski definition) is 6. The molecule has 3 aromatic heterocycles. The normalized spacial score (nSPS) is 15.1. The van der Waals surface area contributed by atoms with E-state index in [9.17, 15) is 13.6 Å². The van der Waals surface area contributed by atoms with Gasteiger partial charge >= 0.3 is 0 Å². The van der Waals surface area contributed by atoms with Crippen molar-refractivity contribution in [3.8, 4) is 15.8 Å². The number of fused-ring (bicyclic) bond motifs is 1. The van der Waals surface area contributed by atoms with E-state index in [0.717, 1.165) is 28.0 Å². The summed E-state index contributed by atoms with van der Waals surface area (Å²) < 4.78 is 33.5. The van der Waals surface area contributed by atoms with E-state index in [1.54, 1.807) is 22.3 Å². The van der Waals surface area contributed by atoms with Gasteiger partial charge in [-0.3, -0.25) is 9.89 Å². The maximum Gasteiger partial charge on any atom is 0.274 e. The molecule has 1 aliphatic rings. The molecule has 0 unspecified atom stereocenters. The van der Waals surface area contributed by atoms with Gasteiger partial charge in [-0.05, 0) is 23.6 Å². The van der Waals surface area contributed by atoms with Crippen molar-refractivity contribution < 1.29 is 18.3 Å². The van der Waals surface area contributed by atoms with Crippen LogP contribution in [0.3, 0.4) is 0 Å². The number of amides is 1. The van der Waals surface area contributed by atoms with Crippen molar-refractivity contribution in [2.45, 2.75) is 18.9 Å². The number of piperidine rings is 1. The van der Waals surface area contributed by atoms with Crippen LogP contribution in [0, 0.1) is 11.6 Å². The molecule has 30 heavy (non-hydrogen) atoms. The highest BCUT2D eigenvalue weighted by atomic mass is 32.1. The number of carbonyl (C=O) groups is 1. The number of H-pyrrole nitrogens is 1. The van der Waals surface area contributed by atoms with Crippen molar-refractivity contribution in [3.05, 3.63) is 53.0 Å². The topological polar surface area (TPSA) is 71.1 Å². The Morgan fingerprint density at radius 3 is 2.83 bits per heavy atom. The molecule has 1 N–H and O–H groups in total. The average Bonchev–Trinajstić information content (AvgIpc) is 3.48. The van der Waals surface area contributed by atoms with E-state index in [-0.39, 0.29) is 17.5 Å². The molecule has 5 rings (SSSR count). The van der Waals surface area contributed by atoms with Crippen molar-refractivity contribution in [2.75, 3.05) is 13.1 Å². The lowest BCUT2D eigenvalue weighted by molar-refractivity contribution is 0.0590. The predicted octanol–water partition coefficient (Wildman–Crippen LogP) is 4.71. The fourth-order valence-corrected chi connectivity index (χ4v) is 5.07. The molecule has 10 heteroatoms. The number of carbonyl (C=O) groups excluding carboxylic acids is 1. The Morgan fingerprint density at radius 1 is 1.23 bits per heavy atom. The van der Waals surface area contributed by atoms with Gasteiger partial charge in [-0.25, -0.2) is 8.78 Å². The molecule has 4 heterocycles. The number of thiazole rings is 1. The fourth-order valence-electron chi connectivity index (χ4n) is 3.46. The van der Waals surface area contributed by atoms with Gasteiger partial charge in [0.05, 0.1) is 15.3 Å². The lowest BCUT2D eigenvalue weighted by atomic mass is 10.1. The van der Waals surface area contributed by atoms with Crippen LogP contribution in [0.5, 0.6) is 5.19 Å². The highest BCUT2D eigenvalue weighted by Crippen LogP contribution is 2.32. The van der Waals surface area contributed by atoms with E-state index in [1.165, 1.54) is 6.07 Å². The number of aromatic amines is 1. The van der Waals surface area contributed by atoms with Gasteiger partial charge in [0.15, 0.2) is 11.5 Å². The Labute approximate surface area is 178 Å². The quantitative estimate of drug-likeness (QED) is 0.493. The van der Waals surface area contributed by atoms with Crippen LogP contribution in [-0.4, -0.2) is 45.2 Å². The molecular weight excluding hydrogens is 430 g/mol. The molecular formula is C20H16F2N4O2S2. The predicted molar refractivity (Wildman–Crippen MR) is 111 cm³/mol. The summed E-state index contributed by atoms with van der Waals surface area (Å²) in [7, 11) is 0. The van der Waals surface area contributed by atoms with Crippen molar-refractivity contribution in [1.29, 1.82) is 0 Å². The molecule has 1 aromatic carbocycles. The first-order chi connectivity index (χ1) is 14.6. The first-order valence-corrected chi connectivity index (χ1v) is 11.1. The van der Waals surface area contributed by atoms with Crippen LogP contribution in [0.25, 0.3) is 20.8 Å². The molecule has 1 saturated heterocycles. The lowest BCUT2D eigenvalue weighted by Gasteiger charge is -2.31. The molecule has 0 bridgehead atoms. The van der Waals surface area contributed by atoms with Crippen LogP contribution in [0.15, 0.2) is 35.7 Å². The minimum absolute atomic E-state index is 0.115. The van der Waals surface area contributed by atoms with Crippen LogP contribution >= 0.6 is 22.7 Å². The van der Waals surface area contributed by atoms with Crippen LogP contribution < -0.4 is 4.74 Å². The molecule has 0 spiro atoms. The number of aromatic nitrogens is 3. The minimum atomic E-state index is -0.697. The number of rotatable bonds is 4. The molecule has 4 aromatic rings. The Bertz CT molecular complexity index is 1200. The second kappa shape index (κ2) is 7.77. The van der Waals surface area contributed by atoms with Gasteiger partial charge < -0.3 is 9.64 Å². The standard InChI is InChI=1S/C20H16F2N4O2S2/c21-11-8-13(22)18-17(9-11)30-20(23-18)28-12-3-5-26(6-4-12)19(27)15-10-14(24-25-15)16-2-1-7-29-16/h1-2,7-10,12H,3-6H2,(H,24,25). The van der Waals surface area contributed by atoms with Crippen molar-refractivity contribution in [2.24, 2.45) is 0 Å². The summed E-state index contributed by atoms with van der Waals surface area (Å²) in [6.07, 6.45) is 1.12. The summed E-state index contributed by atoms with van der Waals surface area (Å²) >= 11 is 2.70. The van der Waals surface area contributed by atoms with Gasteiger partial charge in [0, 0.05) is 32.0 Å². The summed E-state index contributed by atoms with van der Waals surface area (Å²) in [6.45, 7) is 1.05. The number of nitrogens with one attached hydrogen (secondary N) is 1. The van der Waals surface area contributed by atoms with Gasteiger partial charge in [0.2, 0.25) is 0 Å². The minimum Gasteiger partial charge on any atom is -0.467 e. The number of halogens is 2. The highest BCUT2D eigenvalue weighted by molar-refractivity contribution is 7.20. The summed E-state index contributed by atoms with van der Waals surface area (Å²) in [6, 6.07) is 7.75. The Hall–Kier alpha value is -2.85. The third kappa shape index (κ3) is 3.68. The molecule has 0 radical (unpaired) electrons.